The summed E-state index contributed by atoms with van der Waals surface area (Å²) < 4.78 is 8.74. The van der Waals surface area contributed by atoms with Gasteiger partial charge in [-0.1, -0.05) is 0 Å². The topological polar surface area (TPSA) is 98.0 Å². The van der Waals surface area contributed by atoms with Crippen LogP contribution in [0, 0.1) is 0 Å². The molecule has 10 heavy (non-hydrogen) atoms. The molecule has 4 N–H and O–H groups in total. The van der Waals surface area contributed by atoms with E-state index in [0.29, 0.717) is 0 Å². The zero-order valence-electron chi connectivity index (χ0n) is 5.53. The molecule has 0 amide bonds. The second-order valence-corrected chi connectivity index (χ2v) is 2.00. The van der Waals surface area contributed by atoms with Gasteiger partial charge in [-0.15, -0.1) is 0 Å². The molecule has 0 saturated carbocycles. The van der Waals surface area contributed by atoms with Crippen LogP contribution >= 0.6 is 8.25 Å². The predicted octanol–water partition coefficient (Wildman–Crippen LogP) is -0.888. The number of hydrogen-bond donors (Lipinski definition) is 4. The Balaban J connectivity index is 0. The van der Waals surface area contributed by atoms with Gasteiger partial charge in [0.15, 0.2) is 0 Å². The standard InChI is InChI=1S/C4H10O2.H3O3P/c5-3-1-2-4-6;1-4(2)3/h5-6H,1-4H2;4H,(H2,1,2,3). The van der Waals surface area contributed by atoms with Crippen molar-refractivity contribution in [3.8, 4) is 0 Å². The van der Waals surface area contributed by atoms with Gasteiger partial charge in [-0.2, -0.15) is 0 Å². The van der Waals surface area contributed by atoms with Crippen molar-refractivity contribution in [3.63, 3.8) is 0 Å². The molecule has 0 radical (unpaired) electrons. The summed E-state index contributed by atoms with van der Waals surface area (Å²) in [4.78, 5) is 14.3. The maximum atomic E-state index is 8.74. The highest BCUT2D eigenvalue weighted by molar-refractivity contribution is 7.30. The van der Waals surface area contributed by atoms with Gasteiger partial charge in [-0.3, -0.25) is 4.57 Å². The lowest BCUT2D eigenvalue weighted by molar-refractivity contribution is 0.242. The summed E-state index contributed by atoms with van der Waals surface area (Å²) in [6.07, 6.45) is 1.44. The van der Waals surface area contributed by atoms with Crippen LogP contribution in [0.5, 0.6) is 0 Å². The van der Waals surface area contributed by atoms with Crippen molar-refractivity contribution in [3.05, 3.63) is 0 Å². The molecular weight excluding hydrogens is 159 g/mol. The van der Waals surface area contributed by atoms with E-state index in [9.17, 15) is 0 Å². The first-order valence-electron chi connectivity index (χ1n) is 2.78. The third-order valence-electron chi connectivity index (χ3n) is 0.566. The molecule has 64 valence electrons. The van der Waals surface area contributed by atoms with Crippen molar-refractivity contribution in [1.29, 1.82) is 0 Å². The van der Waals surface area contributed by atoms with Gasteiger partial charge in [-0.05, 0) is 12.8 Å². The molecule has 0 atom stereocenters. The fourth-order valence-electron chi connectivity index (χ4n) is 0.224. The lowest BCUT2D eigenvalue weighted by Gasteiger charge is -1.85. The SMILES string of the molecule is O=[PH](O)O.OCCCCO. The summed E-state index contributed by atoms with van der Waals surface area (Å²) in [5, 5.41) is 16.2. The molecule has 0 bridgehead atoms. The van der Waals surface area contributed by atoms with Gasteiger partial charge in [-0.25, -0.2) is 0 Å². The third kappa shape index (κ3) is 42.8. The summed E-state index contributed by atoms with van der Waals surface area (Å²) in [5.74, 6) is 0. The van der Waals surface area contributed by atoms with Crippen LogP contribution in [0.4, 0.5) is 0 Å². The Morgan fingerprint density at radius 1 is 1.00 bits per heavy atom. The molecular formula is C4H13O5P. The van der Waals surface area contributed by atoms with Crippen LogP contribution in [0.3, 0.4) is 0 Å². The Morgan fingerprint density at radius 3 is 1.30 bits per heavy atom. The highest BCUT2D eigenvalue weighted by Crippen LogP contribution is 1.98. The zero-order chi connectivity index (χ0) is 8.41. The van der Waals surface area contributed by atoms with Crippen molar-refractivity contribution in [1.82, 2.24) is 0 Å². The summed E-state index contributed by atoms with van der Waals surface area (Å²) >= 11 is 0. The normalized spacial score (nSPS) is 8.90. The van der Waals surface area contributed by atoms with Crippen molar-refractivity contribution in [2.45, 2.75) is 12.8 Å². The van der Waals surface area contributed by atoms with Gasteiger partial charge >= 0.3 is 8.25 Å². The van der Waals surface area contributed by atoms with Gasteiger partial charge in [0.05, 0.1) is 0 Å². The van der Waals surface area contributed by atoms with E-state index in [4.69, 9.17) is 24.6 Å². The minimum atomic E-state index is -3.13. The maximum Gasteiger partial charge on any atom is 0.314 e. The first kappa shape index (κ1) is 12.7. The molecule has 0 rings (SSSR count). The quantitative estimate of drug-likeness (QED) is 0.327. The Kier molecular flexibility index (Phi) is 15.0. The molecule has 0 saturated heterocycles. The van der Waals surface area contributed by atoms with Crippen LogP contribution in [-0.4, -0.2) is 33.2 Å². The van der Waals surface area contributed by atoms with Crippen LogP contribution in [0.25, 0.3) is 0 Å². The second kappa shape index (κ2) is 11.8. The van der Waals surface area contributed by atoms with Crippen molar-refractivity contribution in [2.24, 2.45) is 0 Å². The van der Waals surface area contributed by atoms with E-state index in [0.717, 1.165) is 12.8 Å². The summed E-state index contributed by atoms with van der Waals surface area (Å²) in [6.45, 7) is 0.390. The van der Waals surface area contributed by atoms with E-state index in [1.807, 2.05) is 0 Å². The number of aliphatic hydroxyl groups excluding tert-OH is 2. The molecule has 0 aromatic heterocycles. The molecule has 0 aliphatic rings. The van der Waals surface area contributed by atoms with Gasteiger partial charge in [0.25, 0.3) is 0 Å². The predicted molar refractivity (Wildman–Crippen MR) is 36.8 cm³/mol. The van der Waals surface area contributed by atoms with E-state index < -0.39 is 8.25 Å². The van der Waals surface area contributed by atoms with E-state index in [2.05, 4.69) is 0 Å². The Labute approximate surface area is 59.9 Å². The van der Waals surface area contributed by atoms with Crippen LogP contribution in [0.2, 0.25) is 0 Å². The van der Waals surface area contributed by atoms with Crippen LogP contribution < -0.4 is 0 Å². The molecule has 6 heteroatoms. The van der Waals surface area contributed by atoms with E-state index in [-0.39, 0.29) is 13.2 Å². The Morgan fingerprint density at radius 2 is 1.20 bits per heavy atom. The minimum Gasteiger partial charge on any atom is -0.396 e. The lowest BCUT2D eigenvalue weighted by atomic mass is 10.3. The number of aliphatic hydroxyl groups is 2. The maximum absolute atomic E-state index is 8.74. The molecule has 0 aliphatic heterocycles. The molecule has 0 unspecified atom stereocenters. The average molecular weight is 172 g/mol. The third-order valence-corrected chi connectivity index (χ3v) is 0.566. The van der Waals surface area contributed by atoms with Gasteiger partial charge in [0, 0.05) is 13.2 Å². The second-order valence-electron chi connectivity index (χ2n) is 1.44. The number of unbranched alkanes of at least 4 members (excludes halogenated alkanes) is 1. The summed E-state index contributed by atoms with van der Waals surface area (Å²) in [6, 6.07) is 0. The van der Waals surface area contributed by atoms with Crippen LogP contribution in [0.1, 0.15) is 12.8 Å². The van der Waals surface area contributed by atoms with Crippen molar-refractivity contribution >= 4 is 8.25 Å². The molecule has 0 spiro atoms. The largest absolute Gasteiger partial charge is 0.396 e. The smallest absolute Gasteiger partial charge is 0.314 e. The van der Waals surface area contributed by atoms with Gasteiger partial charge in [0.1, 0.15) is 0 Å². The molecule has 0 aromatic rings. The number of rotatable bonds is 3. The van der Waals surface area contributed by atoms with Crippen molar-refractivity contribution < 1.29 is 24.6 Å². The first-order chi connectivity index (χ1) is 4.65. The van der Waals surface area contributed by atoms with Crippen molar-refractivity contribution in [2.75, 3.05) is 13.2 Å². The molecule has 0 heterocycles. The Bertz CT molecular complexity index is 68.0. The van der Waals surface area contributed by atoms with E-state index in [1.165, 1.54) is 0 Å². The van der Waals surface area contributed by atoms with E-state index in [1.54, 1.807) is 0 Å². The average Bonchev–Trinajstić information content (AvgIpc) is 1.82. The molecule has 5 nitrogen and oxygen atoms in total. The fourth-order valence-corrected chi connectivity index (χ4v) is 0.224. The minimum absolute atomic E-state index is 0.195. The summed E-state index contributed by atoms with van der Waals surface area (Å²) in [7, 11) is -3.13. The molecule has 0 aromatic carbocycles. The summed E-state index contributed by atoms with van der Waals surface area (Å²) in [5.41, 5.74) is 0. The zero-order valence-corrected chi connectivity index (χ0v) is 6.53. The highest BCUT2D eigenvalue weighted by atomic mass is 31.1. The first-order valence-corrected chi connectivity index (χ1v) is 4.09. The van der Waals surface area contributed by atoms with Gasteiger partial charge < -0.3 is 20.0 Å². The van der Waals surface area contributed by atoms with Crippen LogP contribution in [-0.2, 0) is 4.57 Å². The lowest BCUT2D eigenvalue weighted by Crippen LogP contribution is -1.85. The van der Waals surface area contributed by atoms with E-state index >= 15 is 0 Å². The number of hydrogen-bond acceptors (Lipinski definition) is 3. The highest BCUT2D eigenvalue weighted by Gasteiger charge is 1.77. The van der Waals surface area contributed by atoms with Gasteiger partial charge in [0.2, 0.25) is 0 Å². The fraction of sp³-hybridized carbons (Fsp3) is 1.00. The monoisotopic (exact) mass is 172 g/mol. The molecule has 0 aliphatic carbocycles. The van der Waals surface area contributed by atoms with Crippen LogP contribution in [0.15, 0.2) is 0 Å². The Hall–Kier alpha value is 0.0700. The molecule has 0 fully saturated rings.